The average molecular weight is 346 g/mol. The molecule has 2 nitrogen and oxygen atoms in total. The molecule has 0 heterocycles. The molecule has 0 radical (unpaired) electrons. The van der Waals surface area contributed by atoms with Crippen molar-refractivity contribution in [3.63, 3.8) is 0 Å². The lowest BCUT2D eigenvalue weighted by atomic mass is 9.92. The van der Waals surface area contributed by atoms with Crippen LogP contribution in [0.2, 0.25) is 5.02 Å². The maximum absolute atomic E-state index is 6.37. The Morgan fingerprint density at radius 2 is 2.05 bits per heavy atom. The molecular weight excluding hydrogens is 324 g/mol. The van der Waals surface area contributed by atoms with Crippen LogP contribution in [0.3, 0.4) is 0 Å². The molecule has 106 valence electrons. The second-order valence-electron chi connectivity index (χ2n) is 5.37. The predicted molar refractivity (Wildman–Crippen MR) is 85.6 cm³/mol. The first-order valence-corrected chi connectivity index (χ1v) is 8.17. The number of benzene rings is 1. The van der Waals surface area contributed by atoms with Crippen LogP contribution in [0, 0.1) is 0 Å². The molecule has 1 aromatic rings. The molecule has 2 rings (SSSR count). The Morgan fingerprint density at radius 1 is 1.37 bits per heavy atom. The van der Waals surface area contributed by atoms with E-state index in [1.54, 1.807) is 0 Å². The maximum atomic E-state index is 6.37. The molecule has 1 saturated carbocycles. The van der Waals surface area contributed by atoms with Gasteiger partial charge in [-0.25, -0.2) is 0 Å². The molecule has 0 spiro atoms. The van der Waals surface area contributed by atoms with Crippen molar-refractivity contribution in [2.75, 3.05) is 13.6 Å². The van der Waals surface area contributed by atoms with Gasteiger partial charge in [0.2, 0.25) is 0 Å². The second kappa shape index (κ2) is 7.07. The van der Waals surface area contributed by atoms with E-state index < -0.39 is 0 Å². The minimum Gasteiger partial charge on any atom is -0.329 e. The number of nitrogens with zero attached hydrogens (tertiary/aromatic N) is 1. The van der Waals surface area contributed by atoms with Gasteiger partial charge in [0.15, 0.2) is 0 Å². The van der Waals surface area contributed by atoms with Crippen molar-refractivity contribution >= 4 is 27.5 Å². The molecule has 19 heavy (non-hydrogen) atoms. The SMILES string of the molecule is CN(C1CCCCC1)C(CN)c1ccc(Br)cc1Cl. The van der Waals surface area contributed by atoms with Crippen molar-refractivity contribution in [2.24, 2.45) is 5.73 Å². The van der Waals surface area contributed by atoms with Crippen molar-refractivity contribution in [3.05, 3.63) is 33.3 Å². The summed E-state index contributed by atoms with van der Waals surface area (Å²) in [6, 6.07) is 6.93. The van der Waals surface area contributed by atoms with Crippen LogP contribution in [-0.2, 0) is 0 Å². The fourth-order valence-corrected chi connectivity index (χ4v) is 3.83. The Kier molecular flexibility index (Phi) is 5.70. The zero-order valence-electron chi connectivity index (χ0n) is 11.4. The Hall–Kier alpha value is -0.0900. The highest BCUT2D eigenvalue weighted by atomic mass is 79.9. The predicted octanol–water partition coefficient (Wildman–Crippen LogP) is 4.37. The molecule has 1 aromatic carbocycles. The summed E-state index contributed by atoms with van der Waals surface area (Å²) in [6.07, 6.45) is 6.60. The smallest absolute Gasteiger partial charge is 0.0485 e. The first kappa shape index (κ1) is 15.3. The van der Waals surface area contributed by atoms with Gasteiger partial charge in [0.1, 0.15) is 0 Å². The van der Waals surface area contributed by atoms with Crippen LogP contribution >= 0.6 is 27.5 Å². The quantitative estimate of drug-likeness (QED) is 0.878. The van der Waals surface area contributed by atoms with Crippen molar-refractivity contribution < 1.29 is 0 Å². The number of rotatable bonds is 4. The van der Waals surface area contributed by atoms with Gasteiger partial charge in [0.25, 0.3) is 0 Å². The maximum Gasteiger partial charge on any atom is 0.0485 e. The Bertz CT molecular complexity index is 419. The van der Waals surface area contributed by atoms with Crippen LogP contribution < -0.4 is 5.73 Å². The summed E-state index contributed by atoms with van der Waals surface area (Å²) in [7, 11) is 2.19. The lowest BCUT2D eigenvalue weighted by molar-refractivity contribution is 0.141. The molecule has 0 amide bonds. The van der Waals surface area contributed by atoms with E-state index in [4.69, 9.17) is 17.3 Å². The summed E-state index contributed by atoms with van der Waals surface area (Å²) < 4.78 is 1.01. The van der Waals surface area contributed by atoms with Crippen LogP contribution in [0.1, 0.15) is 43.7 Å². The fraction of sp³-hybridized carbons (Fsp3) is 0.600. The normalized spacial score (nSPS) is 18.8. The number of halogens is 2. The monoisotopic (exact) mass is 344 g/mol. The van der Waals surface area contributed by atoms with Crippen LogP contribution in [0.4, 0.5) is 0 Å². The van der Waals surface area contributed by atoms with E-state index in [2.05, 4.69) is 33.9 Å². The molecule has 1 fully saturated rings. The zero-order valence-corrected chi connectivity index (χ0v) is 13.8. The van der Waals surface area contributed by atoms with Crippen molar-refractivity contribution in [2.45, 2.75) is 44.2 Å². The topological polar surface area (TPSA) is 29.3 Å². The van der Waals surface area contributed by atoms with Crippen molar-refractivity contribution in [3.8, 4) is 0 Å². The summed E-state index contributed by atoms with van der Waals surface area (Å²) in [6.45, 7) is 0.606. The third-order valence-corrected chi connectivity index (χ3v) is 5.01. The minimum atomic E-state index is 0.212. The van der Waals surface area contributed by atoms with Crippen LogP contribution in [-0.4, -0.2) is 24.5 Å². The molecule has 1 aliphatic carbocycles. The van der Waals surface area contributed by atoms with E-state index in [9.17, 15) is 0 Å². The Balaban J connectivity index is 2.18. The molecule has 1 atom stereocenters. The third-order valence-electron chi connectivity index (χ3n) is 4.19. The Morgan fingerprint density at radius 3 is 2.63 bits per heavy atom. The number of likely N-dealkylation sites (N-methyl/N-ethyl adjacent to an activating group) is 1. The van der Waals surface area contributed by atoms with Crippen molar-refractivity contribution in [1.82, 2.24) is 4.90 Å². The van der Waals surface area contributed by atoms with Gasteiger partial charge in [0, 0.05) is 28.1 Å². The van der Waals surface area contributed by atoms with Crippen LogP contribution in [0.25, 0.3) is 0 Å². The largest absolute Gasteiger partial charge is 0.329 e. The lowest BCUT2D eigenvalue weighted by Crippen LogP contribution is -2.39. The van der Waals surface area contributed by atoms with Crippen LogP contribution in [0.5, 0.6) is 0 Å². The molecule has 4 heteroatoms. The van der Waals surface area contributed by atoms with E-state index in [1.807, 2.05) is 12.1 Å². The van der Waals surface area contributed by atoms with Crippen LogP contribution in [0.15, 0.2) is 22.7 Å². The summed E-state index contributed by atoms with van der Waals surface area (Å²) in [5, 5.41) is 0.799. The van der Waals surface area contributed by atoms with Gasteiger partial charge in [0.05, 0.1) is 0 Å². The van der Waals surface area contributed by atoms with E-state index >= 15 is 0 Å². The van der Waals surface area contributed by atoms with E-state index in [0.717, 1.165) is 15.1 Å². The summed E-state index contributed by atoms with van der Waals surface area (Å²) in [5.74, 6) is 0. The number of hydrogen-bond donors (Lipinski definition) is 1. The Labute approximate surface area is 129 Å². The zero-order chi connectivity index (χ0) is 13.8. The standard InChI is InChI=1S/C15H22BrClN2/c1-19(12-5-3-2-4-6-12)15(10-18)13-8-7-11(16)9-14(13)17/h7-9,12,15H,2-6,10,18H2,1H3. The number of hydrogen-bond acceptors (Lipinski definition) is 2. The van der Waals surface area contributed by atoms with Gasteiger partial charge in [-0.1, -0.05) is 52.9 Å². The lowest BCUT2D eigenvalue weighted by Gasteiger charge is -2.37. The molecular formula is C15H22BrClN2. The first-order valence-electron chi connectivity index (χ1n) is 7.00. The molecule has 0 aliphatic heterocycles. The first-order chi connectivity index (χ1) is 9.13. The highest BCUT2D eigenvalue weighted by Crippen LogP contribution is 2.33. The molecule has 0 saturated heterocycles. The molecule has 0 bridgehead atoms. The minimum absolute atomic E-state index is 0.212. The van der Waals surface area contributed by atoms with E-state index in [-0.39, 0.29) is 6.04 Å². The van der Waals surface area contributed by atoms with Gasteiger partial charge < -0.3 is 5.73 Å². The van der Waals surface area contributed by atoms with E-state index in [1.165, 1.54) is 32.1 Å². The molecule has 0 aromatic heterocycles. The van der Waals surface area contributed by atoms with Gasteiger partial charge in [-0.05, 0) is 37.6 Å². The average Bonchev–Trinajstić information content (AvgIpc) is 2.42. The highest BCUT2D eigenvalue weighted by Gasteiger charge is 2.26. The summed E-state index contributed by atoms with van der Waals surface area (Å²) >= 11 is 9.83. The summed E-state index contributed by atoms with van der Waals surface area (Å²) in [5.41, 5.74) is 7.15. The molecule has 1 aliphatic rings. The second-order valence-corrected chi connectivity index (χ2v) is 6.70. The van der Waals surface area contributed by atoms with E-state index in [0.29, 0.717) is 12.6 Å². The van der Waals surface area contributed by atoms with Gasteiger partial charge in [-0.15, -0.1) is 0 Å². The molecule has 2 N–H and O–H groups in total. The summed E-state index contributed by atoms with van der Waals surface area (Å²) in [4.78, 5) is 2.42. The fourth-order valence-electron chi connectivity index (χ4n) is 3.03. The number of nitrogens with two attached hydrogens (primary N) is 1. The van der Waals surface area contributed by atoms with Gasteiger partial charge in [-0.2, -0.15) is 0 Å². The van der Waals surface area contributed by atoms with Gasteiger partial charge in [-0.3, -0.25) is 4.90 Å². The van der Waals surface area contributed by atoms with Crippen molar-refractivity contribution in [1.29, 1.82) is 0 Å². The highest BCUT2D eigenvalue weighted by molar-refractivity contribution is 9.10. The van der Waals surface area contributed by atoms with Gasteiger partial charge >= 0.3 is 0 Å². The third kappa shape index (κ3) is 3.72. The molecule has 1 unspecified atom stereocenters.